The minimum atomic E-state index is -0.667. The summed E-state index contributed by atoms with van der Waals surface area (Å²) < 4.78 is 5.76. The molecule has 2 amide bonds. The van der Waals surface area contributed by atoms with Crippen molar-refractivity contribution in [3.05, 3.63) is 64.7 Å². The summed E-state index contributed by atoms with van der Waals surface area (Å²) in [6, 6.07) is 14.4. The van der Waals surface area contributed by atoms with Crippen molar-refractivity contribution in [2.75, 3.05) is 6.61 Å². The highest BCUT2D eigenvalue weighted by atomic mass is 35.5. The van der Waals surface area contributed by atoms with Gasteiger partial charge in [-0.05, 0) is 55.0 Å². The fourth-order valence-corrected chi connectivity index (χ4v) is 3.33. The Morgan fingerprint density at radius 3 is 2.25 bits per heavy atom. The molecule has 6 heteroatoms. The lowest BCUT2D eigenvalue weighted by atomic mass is 9.87. The molecule has 32 heavy (non-hydrogen) atoms. The van der Waals surface area contributed by atoms with E-state index in [9.17, 15) is 9.59 Å². The van der Waals surface area contributed by atoms with Crippen molar-refractivity contribution < 1.29 is 14.3 Å². The van der Waals surface area contributed by atoms with Crippen LogP contribution in [0.2, 0.25) is 5.02 Å². The van der Waals surface area contributed by atoms with Gasteiger partial charge in [-0.1, -0.05) is 69.6 Å². The molecule has 0 aromatic heterocycles. The molecule has 0 bridgehead atoms. The van der Waals surface area contributed by atoms with Crippen molar-refractivity contribution in [1.29, 1.82) is 0 Å². The molecule has 0 saturated carbocycles. The molecule has 0 saturated heterocycles. The van der Waals surface area contributed by atoms with E-state index in [4.69, 9.17) is 16.3 Å². The van der Waals surface area contributed by atoms with Gasteiger partial charge in [0.15, 0.2) is 6.61 Å². The second-order valence-corrected chi connectivity index (χ2v) is 9.58. The first-order chi connectivity index (χ1) is 15.0. The van der Waals surface area contributed by atoms with Crippen LogP contribution in [0.15, 0.2) is 48.5 Å². The quantitative estimate of drug-likeness (QED) is 0.551. The maximum atomic E-state index is 13.1. The normalized spacial score (nSPS) is 13.2. The van der Waals surface area contributed by atoms with Gasteiger partial charge in [0.1, 0.15) is 11.8 Å². The van der Waals surface area contributed by atoms with E-state index in [1.165, 1.54) is 10.5 Å². The molecule has 2 aromatic carbocycles. The molecule has 0 aliphatic carbocycles. The average Bonchev–Trinajstić information content (AvgIpc) is 2.76. The smallest absolute Gasteiger partial charge is 0.261 e. The number of ether oxygens (including phenoxy) is 1. The largest absolute Gasteiger partial charge is 0.484 e. The molecule has 5 nitrogen and oxygen atoms in total. The van der Waals surface area contributed by atoms with Gasteiger partial charge >= 0.3 is 0 Å². The van der Waals surface area contributed by atoms with Gasteiger partial charge in [0, 0.05) is 17.6 Å². The SMILES string of the molecule is CC[C@@H](C)NC(=O)[C@H](C)N(Cc1ccccc1Cl)C(=O)COc1ccc(C(C)(C)C)cc1. The summed E-state index contributed by atoms with van der Waals surface area (Å²) in [6.45, 7) is 12.2. The summed E-state index contributed by atoms with van der Waals surface area (Å²) in [6.07, 6.45) is 0.810. The molecular formula is C26H35ClN2O3. The Balaban J connectivity index is 2.15. The van der Waals surface area contributed by atoms with Gasteiger partial charge in [0.05, 0.1) is 0 Å². The summed E-state index contributed by atoms with van der Waals surface area (Å²) in [7, 11) is 0. The van der Waals surface area contributed by atoms with Crippen molar-refractivity contribution in [1.82, 2.24) is 10.2 Å². The zero-order valence-corrected chi connectivity index (χ0v) is 20.7. The summed E-state index contributed by atoms with van der Waals surface area (Å²) in [4.78, 5) is 27.4. The van der Waals surface area contributed by atoms with Gasteiger partial charge in [-0.15, -0.1) is 0 Å². The minimum absolute atomic E-state index is 0.0276. The topological polar surface area (TPSA) is 58.6 Å². The Hall–Kier alpha value is -2.53. The second kappa shape index (κ2) is 11.4. The Kier molecular flexibility index (Phi) is 9.14. The maximum absolute atomic E-state index is 13.1. The van der Waals surface area contributed by atoms with E-state index in [-0.39, 0.29) is 36.4 Å². The number of carbonyl (C=O) groups excluding carboxylic acids is 2. The van der Waals surface area contributed by atoms with Crippen LogP contribution in [0.5, 0.6) is 5.75 Å². The molecule has 2 rings (SSSR count). The van der Waals surface area contributed by atoms with Crippen molar-refractivity contribution in [3.8, 4) is 5.75 Å². The lowest BCUT2D eigenvalue weighted by Crippen LogP contribution is -2.50. The predicted molar refractivity (Wildman–Crippen MR) is 130 cm³/mol. The number of hydrogen-bond acceptors (Lipinski definition) is 3. The van der Waals surface area contributed by atoms with Gasteiger partial charge in [-0.3, -0.25) is 9.59 Å². The van der Waals surface area contributed by atoms with E-state index < -0.39 is 6.04 Å². The molecule has 0 aliphatic heterocycles. The fourth-order valence-electron chi connectivity index (χ4n) is 3.14. The van der Waals surface area contributed by atoms with Crippen LogP contribution < -0.4 is 10.1 Å². The first-order valence-corrected chi connectivity index (χ1v) is 11.5. The van der Waals surface area contributed by atoms with Gasteiger partial charge < -0.3 is 15.0 Å². The molecule has 0 fully saturated rings. The Bertz CT molecular complexity index is 906. The van der Waals surface area contributed by atoms with E-state index in [0.717, 1.165) is 12.0 Å². The van der Waals surface area contributed by atoms with Crippen LogP contribution in [0.4, 0.5) is 0 Å². The zero-order valence-electron chi connectivity index (χ0n) is 19.9. The molecule has 174 valence electrons. The summed E-state index contributed by atoms with van der Waals surface area (Å²) in [5.41, 5.74) is 2.01. The Morgan fingerprint density at radius 2 is 1.69 bits per heavy atom. The number of hydrogen-bond donors (Lipinski definition) is 1. The summed E-state index contributed by atoms with van der Waals surface area (Å²) in [5.74, 6) is 0.131. The van der Waals surface area contributed by atoms with Crippen molar-refractivity contribution >= 4 is 23.4 Å². The van der Waals surface area contributed by atoms with Gasteiger partial charge in [0.2, 0.25) is 5.91 Å². The van der Waals surface area contributed by atoms with Gasteiger partial charge in [-0.2, -0.15) is 0 Å². The molecule has 1 N–H and O–H groups in total. The molecule has 0 unspecified atom stereocenters. The van der Waals surface area contributed by atoms with Crippen LogP contribution in [0.1, 0.15) is 59.1 Å². The standard InChI is InChI=1S/C26H35ClN2O3/c1-7-18(2)28-25(31)19(3)29(16-20-10-8-9-11-23(20)27)24(30)17-32-22-14-12-21(13-15-22)26(4,5)6/h8-15,18-19H,7,16-17H2,1-6H3,(H,28,31)/t18-,19+/m1/s1. The molecular weight excluding hydrogens is 424 g/mol. The molecule has 0 radical (unpaired) electrons. The number of benzene rings is 2. The third-order valence-electron chi connectivity index (χ3n) is 5.55. The van der Waals surface area contributed by atoms with Crippen molar-refractivity contribution in [2.45, 2.75) is 72.0 Å². The lowest BCUT2D eigenvalue weighted by molar-refractivity contribution is -0.142. The highest BCUT2D eigenvalue weighted by Gasteiger charge is 2.27. The molecule has 2 aromatic rings. The number of amides is 2. The molecule has 0 aliphatic rings. The first kappa shape index (κ1) is 25.7. The number of nitrogens with zero attached hydrogens (tertiary/aromatic N) is 1. The second-order valence-electron chi connectivity index (χ2n) is 9.17. The van der Waals surface area contributed by atoms with Crippen LogP contribution >= 0.6 is 11.6 Å². The third-order valence-corrected chi connectivity index (χ3v) is 5.92. The number of carbonyl (C=O) groups is 2. The monoisotopic (exact) mass is 458 g/mol. The van der Waals surface area contributed by atoms with E-state index in [1.54, 1.807) is 13.0 Å². The highest BCUT2D eigenvalue weighted by Crippen LogP contribution is 2.24. The number of nitrogens with one attached hydrogen (secondary N) is 1. The Morgan fingerprint density at radius 1 is 1.06 bits per heavy atom. The molecule has 0 heterocycles. The third kappa shape index (κ3) is 7.27. The summed E-state index contributed by atoms with van der Waals surface area (Å²) >= 11 is 6.32. The van der Waals surface area contributed by atoms with Crippen molar-refractivity contribution in [3.63, 3.8) is 0 Å². The van der Waals surface area contributed by atoms with Crippen LogP contribution in [0, 0.1) is 0 Å². The maximum Gasteiger partial charge on any atom is 0.261 e. The van der Waals surface area contributed by atoms with E-state index in [0.29, 0.717) is 10.8 Å². The zero-order chi connectivity index (χ0) is 23.9. The molecule has 2 atom stereocenters. The van der Waals surface area contributed by atoms with Crippen LogP contribution in [-0.2, 0) is 21.5 Å². The average molecular weight is 459 g/mol. The van der Waals surface area contributed by atoms with E-state index >= 15 is 0 Å². The van der Waals surface area contributed by atoms with Gasteiger partial charge in [0.25, 0.3) is 5.91 Å². The number of rotatable bonds is 9. The highest BCUT2D eigenvalue weighted by molar-refractivity contribution is 6.31. The van der Waals surface area contributed by atoms with E-state index in [1.807, 2.05) is 56.3 Å². The van der Waals surface area contributed by atoms with Gasteiger partial charge in [-0.25, -0.2) is 0 Å². The van der Waals surface area contributed by atoms with E-state index in [2.05, 4.69) is 26.1 Å². The number of halogens is 1. The molecule has 0 spiro atoms. The minimum Gasteiger partial charge on any atom is -0.484 e. The van der Waals surface area contributed by atoms with Crippen molar-refractivity contribution in [2.24, 2.45) is 0 Å². The fraction of sp³-hybridized carbons (Fsp3) is 0.462. The summed E-state index contributed by atoms with van der Waals surface area (Å²) in [5, 5.41) is 3.51. The van der Waals surface area contributed by atoms with Crippen LogP contribution in [0.3, 0.4) is 0 Å². The lowest BCUT2D eigenvalue weighted by Gasteiger charge is -2.30. The first-order valence-electron chi connectivity index (χ1n) is 11.1. The van der Waals surface area contributed by atoms with Crippen LogP contribution in [-0.4, -0.2) is 35.4 Å². The Labute approximate surface area is 197 Å². The predicted octanol–water partition coefficient (Wildman–Crippen LogP) is 5.35. The van der Waals surface area contributed by atoms with Crippen LogP contribution in [0.25, 0.3) is 0 Å².